The summed E-state index contributed by atoms with van der Waals surface area (Å²) in [6.07, 6.45) is 4.60. The average Bonchev–Trinajstić information content (AvgIpc) is 3.41. The van der Waals surface area contributed by atoms with Gasteiger partial charge in [-0.1, -0.05) is 12.1 Å². The van der Waals surface area contributed by atoms with Crippen molar-refractivity contribution in [3.8, 4) is 0 Å². The minimum absolute atomic E-state index is 0.112. The summed E-state index contributed by atoms with van der Waals surface area (Å²) in [5, 5.41) is 6.04. The second kappa shape index (κ2) is 9.55. The van der Waals surface area contributed by atoms with Crippen molar-refractivity contribution in [3.05, 3.63) is 47.8 Å². The summed E-state index contributed by atoms with van der Waals surface area (Å²) in [7, 11) is 0. The number of anilines is 2. The highest BCUT2D eigenvalue weighted by molar-refractivity contribution is 6.21. The van der Waals surface area contributed by atoms with Crippen LogP contribution in [0.15, 0.2) is 36.7 Å². The van der Waals surface area contributed by atoms with Gasteiger partial charge in [-0.05, 0) is 31.4 Å². The Balaban J connectivity index is 1.14. The largest absolute Gasteiger partial charge is 0.368 e. The van der Waals surface area contributed by atoms with Crippen molar-refractivity contribution >= 4 is 29.4 Å². The molecule has 1 aromatic carbocycles. The molecule has 31 heavy (non-hydrogen) atoms. The van der Waals surface area contributed by atoms with E-state index in [0.29, 0.717) is 30.6 Å². The molecule has 162 valence electrons. The first-order valence-corrected chi connectivity index (χ1v) is 10.7. The fourth-order valence-corrected chi connectivity index (χ4v) is 3.88. The summed E-state index contributed by atoms with van der Waals surface area (Å²) in [6, 6.07) is 8.71. The number of nitrogens with zero attached hydrogens (tertiary/aromatic N) is 4. The van der Waals surface area contributed by atoms with Crippen molar-refractivity contribution in [3.63, 3.8) is 0 Å². The molecule has 0 aliphatic carbocycles. The lowest BCUT2D eigenvalue weighted by Crippen LogP contribution is -2.33. The minimum atomic E-state index is -0.289. The normalized spacial score (nSPS) is 15.4. The molecule has 2 N–H and O–H groups in total. The third-order valence-corrected chi connectivity index (χ3v) is 5.50. The Kier molecular flexibility index (Phi) is 6.40. The van der Waals surface area contributed by atoms with Gasteiger partial charge in [0.2, 0.25) is 5.91 Å². The van der Waals surface area contributed by atoms with Crippen LogP contribution in [0, 0.1) is 0 Å². The summed E-state index contributed by atoms with van der Waals surface area (Å²) in [5.74, 6) is 0.967. The van der Waals surface area contributed by atoms with Gasteiger partial charge in [-0.3, -0.25) is 19.3 Å². The Labute approximate surface area is 180 Å². The van der Waals surface area contributed by atoms with Gasteiger partial charge < -0.3 is 15.5 Å². The molecule has 9 nitrogen and oxygen atoms in total. The van der Waals surface area contributed by atoms with E-state index in [4.69, 9.17) is 0 Å². The molecule has 0 radical (unpaired) electrons. The molecule has 1 fully saturated rings. The zero-order valence-electron chi connectivity index (χ0n) is 17.3. The first kappa shape index (κ1) is 20.8. The first-order valence-electron chi connectivity index (χ1n) is 10.7. The summed E-state index contributed by atoms with van der Waals surface area (Å²) in [6.45, 7) is 3.27. The van der Waals surface area contributed by atoms with Crippen molar-refractivity contribution in [2.45, 2.75) is 25.7 Å². The second-order valence-corrected chi connectivity index (χ2v) is 7.64. The number of benzene rings is 1. The van der Waals surface area contributed by atoms with Gasteiger partial charge in [0.25, 0.3) is 11.8 Å². The third kappa shape index (κ3) is 4.82. The van der Waals surface area contributed by atoms with Crippen molar-refractivity contribution in [2.75, 3.05) is 42.9 Å². The van der Waals surface area contributed by atoms with Crippen LogP contribution < -0.4 is 15.5 Å². The standard InChI is InChI=1S/C22H26N6O3/c29-20(8-5-13-28-21(30)16-6-1-2-7-17(16)22(28)31)24-10-9-23-18-14-19(26-15-25-18)27-11-3-4-12-27/h1-2,6-7,14-15H,3-5,8-13H2,(H,24,29)(H,23,25,26). The number of nitrogens with one attached hydrogen (secondary N) is 2. The first-order chi connectivity index (χ1) is 15.1. The van der Waals surface area contributed by atoms with E-state index in [1.165, 1.54) is 17.7 Å². The van der Waals surface area contributed by atoms with Crippen LogP contribution in [0.3, 0.4) is 0 Å². The van der Waals surface area contributed by atoms with E-state index < -0.39 is 0 Å². The van der Waals surface area contributed by atoms with Crippen LogP contribution in [-0.2, 0) is 4.79 Å². The molecule has 3 amide bonds. The Morgan fingerprint density at radius 3 is 2.42 bits per heavy atom. The van der Waals surface area contributed by atoms with E-state index in [1.54, 1.807) is 30.6 Å². The van der Waals surface area contributed by atoms with Gasteiger partial charge in [0.05, 0.1) is 11.1 Å². The predicted molar refractivity (Wildman–Crippen MR) is 116 cm³/mol. The van der Waals surface area contributed by atoms with E-state index in [9.17, 15) is 14.4 Å². The molecule has 4 rings (SSSR count). The lowest BCUT2D eigenvalue weighted by atomic mass is 10.1. The van der Waals surface area contributed by atoms with Crippen LogP contribution in [-0.4, -0.2) is 65.3 Å². The SMILES string of the molecule is O=C(CCCN1C(=O)c2ccccc2C1=O)NCCNc1cc(N2CCCC2)ncn1. The average molecular weight is 422 g/mol. The molecule has 1 saturated heterocycles. The Morgan fingerprint density at radius 2 is 1.71 bits per heavy atom. The second-order valence-electron chi connectivity index (χ2n) is 7.64. The Bertz CT molecular complexity index is 938. The monoisotopic (exact) mass is 422 g/mol. The van der Waals surface area contributed by atoms with Crippen LogP contribution in [0.4, 0.5) is 11.6 Å². The molecule has 0 spiro atoms. The maximum Gasteiger partial charge on any atom is 0.261 e. The van der Waals surface area contributed by atoms with Gasteiger partial charge in [-0.2, -0.15) is 0 Å². The van der Waals surface area contributed by atoms with Crippen LogP contribution >= 0.6 is 0 Å². The van der Waals surface area contributed by atoms with Crippen molar-refractivity contribution in [1.29, 1.82) is 0 Å². The third-order valence-electron chi connectivity index (χ3n) is 5.50. The van der Waals surface area contributed by atoms with Crippen LogP contribution in [0.1, 0.15) is 46.4 Å². The van der Waals surface area contributed by atoms with E-state index >= 15 is 0 Å². The molecule has 0 saturated carbocycles. The fourth-order valence-electron chi connectivity index (χ4n) is 3.88. The predicted octanol–water partition coefficient (Wildman–Crippen LogP) is 1.68. The molecule has 2 aliphatic heterocycles. The highest BCUT2D eigenvalue weighted by Gasteiger charge is 2.34. The highest BCUT2D eigenvalue weighted by atomic mass is 16.2. The summed E-state index contributed by atoms with van der Waals surface area (Å²) in [5.41, 5.74) is 0.862. The smallest absolute Gasteiger partial charge is 0.261 e. The number of hydrogen-bond donors (Lipinski definition) is 2. The molecule has 1 aromatic heterocycles. The molecule has 0 bridgehead atoms. The molecule has 3 heterocycles. The molecular formula is C22H26N6O3. The number of imide groups is 1. The maximum absolute atomic E-state index is 12.3. The molecule has 2 aliphatic rings. The molecule has 2 aromatic rings. The number of amides is 3. The van der Waals surface area contributed by atoms with Crippen LogP contribution in [0.25, 0.3) is 0 Å². The molecule has 0 atom stereocenters. The lowest BCUT2D eigenvalue weighted by Gasteiger charge is -2.16. The Morgan fingerprint density at radius 1 is 1.00 bits per heavy atom. The van der Waals surface area contributed by atoms with E-state index in [2.05, 4.69) is 25.5 Å². The van der Waals surface area contributed by atoms with Gasteiger partial charge >= 0.3 is 0 Å². The zero-order chi connectivity index (χ0) is 21.6. The quantitative estimate of drug-likeness (QED) is 0.468. The van der Waals surface area contributed by atoms with Gasteiger partial charge in [0.1, 0.15) is 18.0 Å². The molecule has 0 unspecified atom stereocenters. The van der Waals surface area contributed by atoms with E-state index in [0.717, 1.165) is 24.7 Å². The zero-order valence-corrected chi connectivity index (χ0v) is 17.3. The summed E-state index contributed by atoms with van der Waals surface area (Å²) < 4.78 is 0. The number of aromatic nitrogens is 2. The maximum atomic E-state index is 12.3. The Hall–Kier alpha value is -3.49. The number of fused-ring (bicyclic) bond motifs is 1. The van der Waals surface area contributed by atoms with E-state index in [-0.39, 0.29) is 30.7 Å². The van der Waals surface area contributed by atoms with Gasteiger partial charge in [-0.15, -0.1) is 0 Å². The van der Waals surface area contributed by atoms with Gasteiger partial charge in [0.15, 0.2) is 0 Å². The van der Waals surface area contributed by atoms with Crippen LogP contribution in [0.2, 0.25) is 0 Å². The topological polar surface area (TPSA) is 108 Å². The van der Waals surface area contributed by atoms with Gasteiger partial charge in [0, 0.05) is 45.2 Å². The summed E-state index contributed by atoms with van der Waals surface area (Å²) in [4.78, 5) is 48.7. The minimum Gasteiger partial charge on any atom is -0.368 e. The molecular weight excluding hydrogens is 396 g/mol. The molecule has 9 heteroatoms. The lowest BCUT2D eigenvalue weighted by molar-refractivity contribution is -0.121. The van der Waals surface area contributed by atoms with E-state index in [1.807, 2.05) is 6.07 Å². The van der Waals surface area contributed by atoms with Crippen LogP contribution in [0.5, 0.6) is 0 Å². The highest BCUT2D eigenvalue weighted by Crippen LogP contribution is 2.22. The fraction of sp³-hybridized carbons (Fsp3) is 0.409. The van der Waals surface area contributed by atoms with Crippen molar-refractivity contribution in [2.24, 2.45) is 0 Å². The number of carbonyl (C=O) groups excluding carboxylic acids is 3. The number of hydrogen-bond acceptors (Lipinski definition) is 7. The van der Waals surface area contributed by atoms with Crippen molar-refractivity contribution < 1.29 is 14.4 Å². The van der Waals surface area contributed by atoms with Crippen molar-refractivity contribution in [1.82, 2.24) is 20.2 Å². The number of rotatable bonds is 9. The van der Waals surface area contributed by atoms with Gasteiger partial charge in [-0.25, -0.2) is 9.97 Å². The summed E-state index contributed by atoms with van der Waals surface area (Å²) >= 11 is 0. The number of carbonyl (C=O) groups is 3.